The van der Waals surface area contributed by atoms with Crippen LogP contribution < -0.4 is 10.9 Å². The van der Waals surface area contributed by atoms with Crippen molar-refractivity contribution >= 4 is 5.91 Å². The summed E-state index contributed by atoms with van der Waals surface area (Å²) in [5.74, 6) is 0.0221. The number of nitrogens with zero attached hydrogens (tertiary/aromatic N) is 1. The molecule has 1 fully saturated rings. The Bertz CT molecular complexity index is 811. The minimum absolute atomic E-state index is 0.119. The molecule has 1 aliphatic carbocycles. The lowest BCUT2D eigenvalue weighted by atomic mass is 9.75. The van der Waals surface area contributed by atoms with E-state index in [9.17, 15) is 14.7 Å². The van der Waals surface area contributed by atoms with Crippen LogP contribution in [0.25, 0.3) is 0 Å². The molecule has 2 aromatic rings. The van der Waals surface area contributed by atoms with Gasteiger partial charge < -0.3 is 15.4 Å². The molecule has 0 bridgehead atoms. The van der Waals surface area contributed by atoms with Gasteiger partial charge in [0.2, 0.25) is 0 Å². The van der Waals surface area contributed by atoms with Crippen LogP contribution in [0.5, 0.6) is 0 Å². The van der Waals surface area contributed by atoms with E-state index < -0.39 is 0 Å². The molecule has 1 amide bonds. The number of H-pyrrole nitrogens is 1. The third kappa shape index (κ3) is 4.19. The van der Waals surface area contributed by atoms with Gasteiger partial charge in [0.05, 0.1) is 6.10 Å². The van der Waals surface area contributed by atoms with Gasteiger partial charge in [-0.25, -0.2) is 0 Å². The van der Waals surface area contributed by atoms with Gasteiger partial charge >= 0.3 is 0 Å². The van der Waals surface area contributed by atoms with Crippen molar-refractivity contribution in [2.24, 2.45) is 5.92 Å². The maximum absolute atomic E-state index is 12.7. The predicted octanol–water partition coefficient (Wildman–Crippen LogP) is 2.01. The van der Waals surface area contributed by atoms with Crippen molar-refractivity contribution in [2.75, 3.05) is 0 Å². The summed E-state index contributed by atoms with van der Waals surface area (Å²) in [6, 6.07) is 7.07. The van der Waals surface area contributed by atoms with Crippen LogP contribution in [-0.2, 0) is 6.42 Å². The zero-order valence-electron chi connectivity index (χ0n) is 15.1. The number of rotatable bonds is 6. The normalized spacial score (nSPS) is 20.5. The smallest absolute Gasteiger partial charge is 0.261 e. The first-order valence-corrected chi connectivity index (χ1v) is 9.05. The molecule has 6 nitrogen and oxygen atoms in total. The number of aromatic amines is 1. The summed E-state index contributed by atoms with van der Waals surface area (Å²) in [5.41, 5.74) is 1.62. The molecule has 0 saturated heterocycles. The molecule has 138 valence electrons. The topological polar surface area (TPSA) is 95.1 Å². The van der Waals surface area contributed by atoms with E-state index in [1.54, 1.807) is 24.5 Å². The van der Waals surface area contributed by atoms with Crippen LogP contribution in [0.15, 0.2) is 41.5 Å². The summed E-state index contributed by atoms with van der Waals surface area (Å²) in [4.78, 5) is 31.7. The fourth-order valence-corrected chi connectivity index (χ4v) is 3.32. The van der Waals surface area contributed by atoms with E-state index in [0.717, 1.165) is 11.3 Å². The number of pyridine rings is 2. The standard InChI is InChI=1S/C20H25N3O3/c1-12(2)17-4-3-16(19(25)22-17)20(26)23-18(14-10-15(24)11-14)9-13-5-7-21-8-6-13/h3-8,12,14-15,18,24H,9-11H2,1-2H3,(H,22,25)(H,23,26). The lowest BCUT2D eigenvalue weighted by Crippen LogP contribution is -2.49. The van der Waals surface area contributed by atoms with E-state index in [-0.39, 0.29) is 41.0 Å². The first kappa shape index (κ1) is 18.3. The molecule has 1 atom stereocenters. The molecular weight excluding hydrogens is 330 g/mol. The van der Waals surface area contributed by atoms with Gasteiger partial charge in [-0.15, -0.1) is 0 Å². The highest BCUT2D eigenvalue weighted by molar-refractivity contribution is 5.94. The number of nitrogens with one attached hydrogen (secondary N) is 2. The Morgan fingerprint density at radius 1 is 1.27 bits per heavy atom. The maximum Gasteiger partial charge on any atom is 0.261 e. The molecule has 6 heteroatoms. The first-order valence-electron chi connectivity index (χ1n) is 9.05. The van der Waals surface area contributed by atoms with E-state index in [0.29, 0.717) is 19.3 Å². The SMILES string of the molecule is CC(C)c1ccc(C(=O)NC(Cc2ccncc2)C2CC(O)C2)c(=O)[nH]1. The monoisotopic (exact) mass is 355 g/mol. The molecule has 0 aromatic carbocycles. The number of hydrogen-bond acceptors (Lipinski definition) is 4. The first-order chi connectivity index (χ1) is 12.4. The Morgan fingerprint density at radius 2 is 1.96 bits per heavy atom. The van der Waals surface area contributed by atoms with E-state index in [1.807, 2.05) is 26.0 Å². The highest BCUT2D eigenvalue weighted by Crippen LogP contribution is 2.31. The lowest BCUT2D eigenvalue weighted by molar-refractivity contribution is 0.0239. The predicted molar refractivity (Wildman–Crippen MR) is 99.1 cm³/mol. The van der Waals surface area contributed by atoms with Crippen molar-refractivity contribution in [3.63, 3.8) is 0 Å². The summed E-state index contributed by atoms with van der Waals surface area (Å²) >= 11 is 0. The summed E-state index contributed by atoms with van der Waals surface area (Å²) in [5, 5.41) is 12.6. The Balaban J connectivity index is 1.76. The number of carbonyl (C=O) groups excluding carboxylic acids is 1. The summed E-state index contributed by atoms with van der Waals surface area (Å²) < 4.78 is 0. The average Bonchev–Trinajstić information content (AvgIpc) is 2.59. The fraction of sp³-hybridized carbons (Fsp3) is 0.450. The van der Waals surface area contributed by atoms with E-state index in [4.69, 9.17) is 0 Å². The molecule has 1 saturated carbocycles. The number of aromatic nitrogens is 2. The van der Waals surface area contributed by atoms with Crippen LogP contribution in [0.1, 0.15) is 54.2 Å². The summed E-state index contributed by atoms with van der Waals surface area (Å²) in [6.07, 6.45) is 5.12. The van der Waals surface area contributed by atoms with E-state index >= 15 is 0 Å². The van der Waals surface area contributed by atoms with Gasteiger partial charge in [-0.1, -0.05) is 13.8 Å². The third-order valence-corrected chi connectivity index (χ3v) is 5.04. The van der Waals surface area contributed by atoms with Gasteiger partial charge in [-0.3, -0.25) is 14.6 Å². The number of carbonyl (C=O) groups is 1. The summed E-state index contributed by atoms with van der Waals surface area (Å²) in [7, 11) is 0. The Hall–Kier alpha value is -2.47. The zero-order valence-corrected chi connectivity index (χ0v) is 15.1. The second-order valence-corrected chi connectivity index (χ2v) is 7.34. The van der Waals surface area contributed by atoms with Crippen molar-refractivity contribution in [1.29, 1.82) is 0 Å². The number of aliphatic hydroxyl groups is 1. The fourth-order valence-electron chi connectivity index (χ4n) is 3.32. The Morgan fingerprint density at radius 3 is 2.54 bits per heavy atom. The number of hydrogen-bond donors (Lipinski definition) is 3. The van der Waals surface area contributed by atoms with Crippen LogP contribution in [0.2, 0.25) is 0 Å². The average molecular weight is 355 g/mol. The lowest BCUT2D eigenvalue weighted by Gasteiger charge is -2.38. The zero-order chi connectivity index (χ0) is 18.7. The molecule has 0 radical (unpaired) electrons. The minimum atomic E-state index is -0.373. The molecule has 2 heterocycles. The maximum atomic E-state index is 12.7. The van der Waals surface area contributed by atoms with Crippen molar-refractivity contribution in [1.82, 2.24) is 15.3 Å². The Labute approximate surface area is 152 Å². The van der Waals surface area contributed by atoms with Gasteiger partial charge in [-0.2, -0.15) is 0 Å². The van der Waals surface area contributed by atoms with Crippen LogP contribution in [-0.4, -0.2) is 33.1 Å². The second kappa shape index (κ2) is 7.83. The van der Waals surface area contributed by atoms with Crippen molar-refractivity contribution in [2.45, 2.75) is 51.2 Å². The third-order valence-electron chi connectivity index (χ3n) is 5.04. The Kier molecular flexibility index (Phi) is 5.52. The van der Waals surface area contributed by atoms with Gasteiger partial charge in [0.1, 0.15) is 5.56 Å². The second-order valence-electron chi connectivity index (χ2n) is 7.34. The highest BCUT2D eigenvalue weighted by atomic mass is 16.3. The quantitative estimate of drug-likeness (QED) is 0.739. The van der Waals surface area contributed by atoms with Crippen LogP contribution in [0, 0.1) is 5.92 Å². The molecule has 0 aliphatic heterocycles. The van der Waals surface area contributed by atoms with Crippen LogP contribution in [0.4, 0.5) is 0 Å². The number of amides is 1. The van der Waals surface area contributed by atoms with Gasteiger partial charge in [0.15, 0.2) is 0 Å². The summed E-state index contributed by atoms with van der Waals surface area (Å²) in [6.45, 7) is 3.97. The van der Waals surface area contributed by atoms with Crippen molar-refractivity contribution in [3.8, 4) is 0 Å². The van der Waals surface area contributed by atoms with E-state index in [2.05, 4.69) is 15.3 Å². The highest BCUT2D eigenvalue weighted by Gasteiger charge is 2.35. The van der Waals surface area contributed by atoms with E-state index in [1.165, 1.54) is 0 Å². The van der Waals surface area contributed by atoms with Crippen LogP contribution in [0.3, 0.4) is 0 Å². The number of aliphatic hydroxyl groups excluding tert-OH is 1. The minimum Gasteiger partial charge on any atom is -0.393 e. The van der Waals surface area contributed by atoms with Crippen LogP contribution >= 0.6 is 0 Å². The molecule has 3 rings (SSSR count). The molecule has 1 aliphatic rings. The molecular formula is C20H25N3O3. The van der Waals surface area contributed by atoms with Gasteiger partial charge in [-0.05, 0) is 60.9 Å². The van der Waals surface area contributed by atoms with Crippen molar-refractivity contribution < 1.29 is 9.90 Å². The largest absolute Gasteiger partial charge is 0.393 e. The molecule has 3 N–H and O–H groups in total. The molecule has 0 spiro atoms. The van der Waals surface area contributed by atoms with Gasteiger partial charge in [0.25, 0.3) is 11.5 Å². The molecule has 26 heavy (non-hydrogen) atoms. The van der Waals surface area contributed by atoms with Crippen molar-refractivity contribution in [3.05, 3.63) is 63.8 Å². The van der Waals surface area contributed by atoms with Gasteiger partial charge in [0, 0.05) is 24.1 Å². The molecule has 2 aromatic heterocycles. The molecule has 1 unspecified atom stereocenters.